The number of unbranched alkanes of at least 4 members (excludes halogenated alkanes) is 7. The fourth-order valence-corrected chi connectivity index (χ4v) is 3.96. The molecule has 0 rings (SSSR count). The van der Waals surface area contributed by atoms with E-state index in [0.717, 1.165) is 12.8 Å². The molecule has 0 aromatic carbocycles. The molecule has 168 valence electrons. The van der Waals surface area contributed by atoms with Crippen LogP contribution in [0.5, 0.6) is 0 Å². The Labute approximate surface area is 175 Å². The Morgan fingerprint density at radius 3 is 1.69 bits per heavy atom. The zero-order chi connectivity index (χ0) is 22.4. The summed E-state index contributed by atoms with van der Waals surface area (Å²) in [5.74, 6) is -3.88. The third-order valence-corrected chi connectivity index (χ3v) is 6.03. The van der Waals surface area contributed by atoms with Crippen LogP contribution in [-0.4, -0.2) is 57.3 Å². The molecule has 7 nitrogen and oxygen atoms in total. The predicted octanol–water partition coefficient (Wildman–Crippen LogP) is 2.97. The SMILES string of the molecule is CCCCCCCC/C=C/CCC[N+](C(C)C(=O)[O-])(C(C)C(=O)O)C(C)C(=O)O. The van der Waals surface area contributed by atoms with Gasteiger partial charge in [0.15, 0.2) is 12.1 Å². The first-order valence-electron chi connectivity index (χ1n) is 10.8. The molecule has 3 atom stereocenters. The largest absolute Gasteiger partial charge is 0.544 e. The average Bonchev–Trinajstić information content (AvgIpc) is 2.67. The second-order valence-electron chi connectivity index (χ2n) is 7.91. The molecule has 2 N–H and O–H groups in total. The van der Waals surface area contributed by atoms with Gasteiger partial charge in [0.2, 0.25) is 0 Å². The van der Waals surface area contributed by atoms with E-state index in [2.05, 4.69) is 13.0 Å². The third-order valence-electron chi connectivity index (χ3n) is 6.03. The van der Waals surface area contributed by atoms with Gasteiger partial charge in [-0.05, 0) is 40.0 Å². The molecule has 0 saturated heterocycles. The third kappa shape index (κ3) is 8.56. The Bertz CT molecular complexity index is 495. The van der Waals surface area contributed by atoms with E-state index in [1.54, 1.807) is 0 Å². The van der Waals surface area contributed by atoms with Gasteiger partial charge in [-0.2, -0.15) is 0 Å². The Morgan fingerprint density at radius 2 is 1.24 bits per heavy atom. The first-order chi connectivity index (χ1) is 13.6. The van der Waals surface area contributed by atoms with Crippen molar-refractivity contribution in [3.63, 3.8) is 0 Å². The van der Waals surface area contributed by atoms with Gasteiger partial charge < -0.3 is 20.1 Å². The zero-order valence-electron chi connectivity index (χ0n) is 18.4. The summed E-state index contributed by atoms with van der Waals surface area (Å²) in [7, 11) is 0. The molecule has 0 aliphatic rings. The smallest absolute Gasteiger partial charge is 0.362 e. The van der Waals surface area contributed by atoms with E-state index in [0.29, 0.717) is 12.8 Å². The number of aliphatic carboxylic acids is 3. The number of hydrogen-bond donors (Lipinski definition) is 2. The van der Waals surface area contributed by atoms with Crippen molar-refractivity contribution < 1.29 is 34.2 Å². The molecule has 0 saturated carbocycles. The van der Waals surface area contributed by atoms with Crippen LogP contribution in [0.15, 0.2) is 12.2 Å². The first kappa shape index (κ1) is 27.1. The standard InChI is InChI=1S/C22H39NO6/c1-5-6-7-8-9-10-11-12-13-14-15-16-23(17(2)20(24)25,18(3)21(26)27)19(4)22(28)29/h12-13,17-19H,5-11,14-16H2,1-4H3,(H2-,24,25,26,27,28,29)/b13-12+. The lowest BCUT2D eigenvalue weighted by atomic mass is 10.0. The van der Waals surface area contributed by atoms with Gasteiger partial charge in [0, 0.05) is 6.42 Å². The number of rotatable bonds is 17. The van der Waals surface area contributed by atoms with Crippen molar-refractivity contribution in [1.29, 1.82) is 0 Å². The fourth-order valence-electron chi connectivity index (χ4n) is 3.96. The number of carbonyl (C=O) groups is 3. The highest BCUT2D eigenvalue weighted by atomic mass is 16.4. The van der Waals surface area contributed by atoms with Crippen LogP contribution >= 0.6 is 0 Å². The van der Waals surface area contributed by atoms with E-state index >= 15 is 0 Å². The number of carbonyl (C=O) groups excluding carboxylic acids is 1. The summed E-state index contributed by atoms with van der Waals surface area (Å²) >= 11 is 0. The maximum atomic E-state index is 11.7. The molecule has 3 unspecified atom stereocenters. The van der Waals surface area contributed by atoms with E-state index in [9.17, 15) is 29.7 Å². The summed E-state index contributed by atoms with van der Waals surface area (Å²) < 4.78 is -0.571. The van der Waals surface area contributed by atoms with Crippen LogP contribution in [0.25, 0.3) is 0 Å². The van der Waals surface area contributed by atoms with Gasteiger partial charge in [-0.25, -0.2) is 9.59 Å². The minimum atomic E-state index is -1.44. The van der Waals surface area contributed by atoms with Gasteiger partial charge in [0.25, 0.3) is 0 Å². The molecule has 0 heterocycles. The van der Waals surface area contributed by atoms with E-state index in [-0.39, 0.29) is 6.54 Å². The zero-order valence-corrected chi connectivity index (χ0v) is 18.4. The summed E-state index contributed by atoms with van der Waals surface area (Å²) in [4.78, 5) is 34.9. The average molecular weight is 414 g/mol. The molecule has 7 heteroatoms. The maximum Gasteiger partial charge on any atom is 0.362 e. The highest BCUT2D eigenvalue weighted by Gasteiger charge is 2.50. The van der Waals surface area contributed by atoms with Gasteiger partial charge in [-0.15, -0.1) is 0 Å². The molecule has 0 fully saturated rings. The van der Waals surface area contributed by atoms with Crippen molar-refractivity contribution in [3.05, 3.63) is 12.2 Å². The van der Waals surface area contributed by atoms with Crippen molar-refractivity contribution in [2.45, 2.75) is 104 Å². The molecular weight excluding hydrogens is 374 g/mol. The lowest BCUT2D eigenvalue weighted by Gasteiger charge is -2.49. The highest BCUT2D eigenvalue weighted by Crippen LogP contribution is 2.27. The van der Waals surface area contributed by atoms with Crippen molar-refractivity contribution in [1.82, 2.24) is 0 Å². The molecule has 0 spiro atoms. The van der Waals surface area contributed by atoms with Crippen molar-refractivity contribution in [2.24, 2.45) is 0 Å². The summed E-state index contributed by atoms with van der Waals surface area (Å²) in [5.41, 5.74) is 0. The van der Waals surface area contributed by atoms with E-state index in [1.165, 1.54) is 52.9 Å². The van der Waals surface area contributed by atoms with Crippen molar-refractivity contribution in [2.75, 3.05) is 6.54 Å². The van der Waals surface area contributed by atoms with Crippen LogP contribution in [0.1, 0.15) is 85.5 Å². The second kappa shape index (κ2) is 14.1. The molecule has 0 aliphatic heterocycles. The number of quaternary nitrogens is 1. The molecule has 29 heavy (non-hydrogen) atoms. The van der Waals surface area contributed by atoms with Crippen LogP contribution in [0.2, 0.25) is 0 Å². The van der Waals surface area contributed by atoms with Crippen LogP contribution in [0.4, 0.5) is 0 Å². The highest BCUT2D eigenvalue weighted by molar-refractivity contribution is 5.76. The van der Waals surface area contributed by atoms with E-state index in [4.69, 9.17) is 0 Å². The Hall–Kier alpha value is -1.89. The topological polar surface area (TPSA) is 115 Å². The van der Waals surface area contributed by atoms with Gasteiger partial charge in [-0.1, -0.05) is 51.2 Å². The fraction of sp³-hybridized carbons (Fsp3) is 0.773. The van der Waals surface area contributed by atoms with Crippen LogP contribution in [-0.2, 0) is 14.4 Å². The summed E-state index contributed by atoms with van der Waals surface area (Å²) in [6, 6.07) is -3.61. The van der Waals surface area contributed by atoms with Crippen molar-refractivity contribution in [3.8, 4) is 0 Å². The van der Waals surface area contributed by atoms with Crippen molar-refractivity contribution >= 4 is 17.9 Å². The number of hydrogen-bond acceptors (Lipinski definition) is 4. The quantitative estimate of drug-likeness (QED) is 0.215. The number of carboxylic acid groups (broad SMARTS) is 3. The Morgan fingerprint density at radius 1 is 0.793 bits per heavy atom. The minimum Gasteiger partial charge on any atom is -0.544 e. The summed E-state index contributed by atoms with van der Waals surface area (Å²) in [5, 5.41) is 30.6. The molecular formula is C22H39NO6. The first-order valence-corrected chi connectivity index (χ1v) is 10.8. The van der Waals surface area contributed by atoms with Crippen LogP contribution < -0.4 is 5.11 Å². The Balaban J connectivity index is 4.93. The van der Waals surface area contributed by atoms with E-state index < -0.39 is 40.5 Å². The number of nitrogens with zero attached hydrogens (tertiary/aromatic N) is 1. The van der Waals surface area contributed by atoms with Gasteiger partial charge in [0.1, 0.15) is 6.04 Å². The molecule has 0 aliphatic carbocycles. The Kier molecular flexibility index (Phi) is 13.2. The summed E-state index contributed by atoms with van der Waals surface area (Å²) in [6.07, 6.45) is 13.6. The molecule has 0 amide bonds. The van der Waals surface area contributed by atoms with Gasteiger partial charge in [0.05, 0.1) is 12.5 Å². The molecule has 0 aromatic heterocycles. The number of carboxylic acids is 3. The van der Waals surface area contributed by atoms with Gasteiger partial charge in [-0.3, -0.25) is 4.48 Å². The number of allylic oxidation sites excluding steroid dienone is 2. The van der Waals surface area contributed by atoms with Gasteiger partial charge >= 0.3 is 11.9 Å². The molecule has 0 aromatic rings. The monoisotopic (exact) mass is 413 g/mol. The summed E-state index contributed by atoms with van der Waals surface area (Å²) in [6.45, 7) is 6.41. The lowest BCUT2D eigenvalue weighted by molar-refractivity contribution is -0.969. The molecule has 0 bridgehead atoms. The molecule has 0 radical (unpaired) electrons. The normalized spacial score (nSPS) is 16.8. The second-order valence-corrected chi connectivity index (χ2v) is 7.91. The maximum absolute atomic E-state index is 11.7. The van der Waals surface area contributed by atoms with Crippen LogP contribution in [0, 0.1) is 0 Å². The minimum absolute atomic E-state index is 0.136. The van der Waals surface area contributed by atoms with E-state index in [1.807, 2.05) is 6.08 Å². The van der Waals surface area contributed by atoms with Crippen LogP contribution in [0.3, 0.4) is 0 Å². The lowest BCUT2D eigenvalue weighted by Crippen LogP contribution is -2.71. The predicted molar refractivity (Wildman–Crippen MR) is 110 cm³/mol.